The van der Waals surface area contributed by atoms with Gasteiger partial charge in [-0.3, -0.25) is 9.67 Å². The van der Waals surface area contributed by atoms with E-state index in [0.29, 0.717) is 11.4 Å². The maximum Gasteiger partial charge on any atom is 0.341 e. The van der Waals surface area contributed by atoms with Gasteiger partial charge in [0.15, 0.2) is 5.75 Å². The minimum Gasteiger partial charge on any atom is -0.477 e. The van der Waals surface area contributed by atoms with Crippen molar-refractivity contribution in [3.63, 3.8) is 0 Å². The zero-order valence-electron chi connectivity index (χ0n) is 10.3. The second kappa shape index (κ2) is 4.48. The van der Waals surface area contributed by atoms with Gasteiger partial charge in [0.2, 0.25) is 0 Å². The van der Waals surface area contributed by atoms with E-state index in [1.54, 1.807) is 11.7 Å². The van der Waals surface area contributed by atoms with Gasteiger partial charge in [-0.25, -0.2) is 4.79 Å². The van der Waals surface area contributed by atoms with Crippen molar-refractivity contribution in [3.8, 4) is 11.5 Å². The number of aromatic nitrogens is 3. The number of rotatable bonds is 3. The number of hydrogen-bond acceptors (Lipinski definition) is 4. The van der Waals surface area contributed by atoms with E-state index >= 15 is 0 Å². The molecule has 0 amide bonds. The lowest BCUT2D eigenvalue weighted by Gasteiger charge is -2.08. The standard InChI is InChI=1S/C12H13N3O3/c1-7-11(8(2)15(3)14-7)18-10-4-5-13-6-9(10)12(16)17/h4-6H,1-3H3,(H,16,17). The lowest BCUT2D eigenvalue weighted by atomic mass is 10.2. The Morgan fingerprint density at radius 1 is 1.44 bits per heavy atom. The fourth-order valence-electron chi connectivity index (χ4n) is 1.64. The van der Waals surface area contributed by atoms with Crippen molar-refractivity contribution in [2.45, 2.75) is 13.8 Å². The Morgan fingerprint density at radius 2 is 2.17 bits per heavy atom. The summed E-state index contributed by atoms with van der Waals surface area (Å²) in [6.45, 7) is 3.67. The quantitative estimate of drug-likeness (QED) is 0.896. The summed E-state index contributed by atoms with van der Waals surface area (Å²) in [7, 11) is 1.81. The molecule has 1 N–H and O–H groups in total. The van der Waals surface area contributed by atoms with Gasteiger partial charge >= 0.3 is 5.97 Å². The van der Waals surface area contributed by atoms with E-state index in [9.17, 15) is 4.79 Å². The number of nitrogens with zero attached hydrogens (tertiary/aromatic N) is 3. The molecule has 0 unspecified atom stereocenters. The smallest absolute Gasteiger partial charge is 0.341 e. The van der Waals surface area contributed by atoms with Gasteiger partial charge in [0.25, 0.3) is 0 Å². The van der Waals surface area contributed by atoms with Gasteiger partial charge in [0.1, 0.15) is 17.0 Å². The summed E-state index contributed by atoms with van der Waals surface area (Å²) >= 11 is 0. The predicted molar refractivity (Wildman–Crippen MR) is 64.0 cm³/mol. The Morgan fingerprint density at radius 3 is 2.72 bits per heavy atom. The molecule has 0 aromatic carbocycles. The molecular formula is C12H13N3O3. The van der Waals surface area contributed by atoms with E-state index in [-0.39, 0.29) is 11.3 Å². The zero-order chi connectivity index (χ0) is 13.3. The third kappa shape index (κ3) is 2.04. The van der Waals surface area contributed by atoms with Gasteiger partial charge in [-0.15, -0.1) is 0 Å². The van der Waals surface area contributed by atoms with Gasteiger partial charge < -0.3 is 9.84 Å². The second-order valence-electron chi connectivity index (χ2n) is 3.90. The molecule has 0 aliphatic heterocycles. The first kappa shape index (κ1) is 12.1. The van der Waals surface area contributed by atoms with Crippen LogP contribution in [0, 0.1) is 13.8 Å². The Balaban J connectivity index is 2.43. The summed E-state index contributed by atoms with van der Waals surface area (Å²) in [5.74, 6) is -0.236. The Bertz CT molecular complexity index is 605. The van der Waals surface area contributed by atoms with Crippen molar-refractivity contribution in [2.24, 2.45) is 7.05 Å². The average molecular weight is 247 g/mol. The third-order valence-corrected chi connectivity index (χ3v) is 2.67. The van der Waals surface area contributed by atoms with Crippen LogP contribution in [-0.2, 0) is 7.05 Å². The number of aromatic carboxylic acids is 1. The summed E-state index contributed by atoms with van der Waals surface area (Å²) in [5, 5.41) is 13.3. The molecular weight excluding hydrogens is 234 g/mol. The van der Waals surface area contributed by atoms with Gasteiger partial charge in [-0.2, -0.15) is 5.10 Å². The molecule has 2 aromatic heterocycles. The fraction of sp³-hybridized carbons (Fsp3) is 0.250. The Labute approximate surface area is 104 Å². The minimum absolute atomic E-state index is 0.0279. The molecule has 0 fully saturated rings. The molecule has 2 rings (SSSR count). The Hall–Kier alpha value is -2.37. The molecule has 0 aliphatic carbocycles. The SMILES string of the molecule is Cc1nn(C)c(C)c1Oc1ccncc1C(=O)O. The van der Waals surface area contributed by atoms with Crippen LogP contribution in [-0.4, -0.2) is 25.8 Å². The molecule has 0 atom stereocenters. The van der Waals surface area contributed by atoms with Crippen LogP contribution in [0.4, 0.5) is 0 Å². The van der Waals surface area contributed by atoms with E-state index in [1.807, 2.05) is 13.8 Å². The van der Waals surface area contributed by atoms with Crippen LogP contribution < -0.4 is 4.74 Å². The highest BCUT2D eigenvalue weighted by Crippen LogP contribution is 2.29. The molecule has 0 bridgehead atoms. The zero-order valence-corrected chi connectivity index (χ0v) is 10.3. The molecule has 0 aliphatic rings. The largest absolute Gasteiger partial charge is 0.477 e. The number of aryl methyl sites for hydroxylation is 2. The van der Waals surface area contributed by atoms with Gasteiger partial charge in [-0.05, 0) is 13.8 Å². The number of ether oxygens (including phenoxy) is 1. The van der Waals surface area contributed by atoms with Crippen molar-refractivity contribution < 1.29 is 14.6 Å². The van der Waals surface area contributed by atoms with E-state index in [4.69, 9.17) is 9.84 Å². The first-order valence-electron chi connectivity index (χ1n) is 5.36. The van der Waals surface area contributed by atoms with Crippen LogP contribution in [0.15, 0.2) is 18.5 Å². The molecule has 6 nitrogen and oxygen atoms in total. The summed E-state index contributed by atoms with van der Waals surface area (Å²) in [6.07, 6.45) is 2.75. The maximum absolute atomic E-state index is 11.0. The van der Waals surface area contributed by atoms with Crippen molar-refractivity contribution in [3.05, 3.63) is 35.4 Å². The van der Waals surface area contributed by atoms with Crippen LogP contribution in [0.1, 0.15) is 21.7 Å². The fourth-order valence-corrected chi connectivity index (χ4v) is 1.64. The number of pyridine rings is 1. The van der Waals surface area contributed by atoms with Crippen molar-refractivity contribution in [2.75, 3.05) is 0 Å². The van der Waals surface area contributed by atoms with Gasteiger partial charge in [0, 0.05) is 25.5 Å². The summed E-state index contributed by atoms with van der Waals surface area (Å²) in [6, 6.07) is 1.52. The summed E-state index contributed by atoms with van der Waals surface area (Å²) < 4.78 is 7.34. The van der Waals surface area contributed by atoms with Crippen molar-refractivity contribution >= 4 is 5.97 Å². The van der Waals surface area contributed by atoms with Crippen LogP contribution in [0.5, 0.6) is 11.5 Å². The predicted octanol–water partition coefficient (Wildman–Crippen LogP) is 1.92. The molecule has 0 saturated carbocycles. The van der Waals surface area contributed by atoms with Crippen molar-refractivity contribution in [1.82, 2.24) is 14.8 Å². The van der Waals surface area contributed by atoms with Crippen LogP contribution >= 0.6 is 0 Å². The van der Waals surface area contributed by atoms with E-state index in [1.165, 1.54) is 18.5 Å². The highest BCUT2D eigenvalue weighted by molar-refractivity contribution is 5.90. The molecule has 2 aromatic rings. The second-order valence-corrected chi connectivity index (χ2v) is 3.90. The summed E-state index contributed by atoms with van der Waals surface area (Å²) in [4.78, 5) is 14.8. The molecule has 94 valence electrons. The average Bonchev–Trinajstić information content (AvgIpc) is 2.56. The lowest BCUT2D eigenvalue weighted by Crippen LogP contribution is -2.01. The van der Waals surface area contributed by atoms with Gasteiger partial charge in [-0.1, -0.05) is 0 Å². The van der Waals surface area contributed by atoms with Crippen LogP contribution in [0.2, 0.25) is 0 Å². The lowest BCUT2D eigenvalue weighted by molar-refractivity contribution is 0.0693. The van der Waals surface area contributed by atoms with Crippen LogP contribution in [0.3, 0.4) is 0 Å². The van der Waals surface area contributed by atoms with Crippen LogP contribution in [0.25, 0.3) is 0 Å². The number of carbonyl (C=O) groups is 1. The highest BCUT2D eigenvalue weighted by atomic mass is 16.5. The monoisotopic (exact) mass is 247 g/mol. The van der Waals surface area contributed by atoms with E-state index in [0.717, 1.165) is 5.69 Å². The Kier molecular flexibility index (Phi) is 3.01. The molecule has 0 radical (unpaired) electrons. The summed E-state index contributed by atoms with van der Waals surface area (Å²) in [5.41, 5.74) is 1.57. The molecule has 0 saturated heterocycles. The van der Waals surface area contributed by atoms with Gasteiger partial charge in [0.05, 0.1) is 5.69 Å². The highest BCUT2D eigenvalue weighted by Gasteiger charge is 2.16. The number of hydrogen-bond donors (Lipinski definition) is 1. The number of carboxylic acid groups (broad SMARTS) is 1. The van der Waals surface area contributed by atoms with Crippen molar-refractivity contribution in [1.29, 1.82) is 0 Å². The molecule has 0 spiro atoms. The molecule has 18 heavy (non-hydrogen) atoms. The maximum atomic E-state index is 11.0. The third-order valence-electron chi connectivity index (χ3n) is 2.67. The minimum atomic E-state index is -1.07. The first-order chi connectivity index (χ1) is 8.50. The topological polar surface area (TPSA) is 77.2 Å². The van der Waals surface area contributed by atoms with E-state index in [2.05, 4.69) is 10.1 Å². The molecule has 6 heteroatoms. The normalized spacial score (nSPS) is 10.4. The number of carboxylic acids is 1. The molecule has 2 heterocycles. The first-order valence-corrected chi connectivity index (χ1v) is 5.36. The van der Waals surface area contributed by atoms with E-state index < -0.39 is 5.97 Å².